The van der Waals surface area contributed by atoms with Crippen LogP contribution in [0, 0.1) is 5.82 Å². The smallest absolute Gasteiger partial charge is 0.265 e. The number of nitrogens with two attached hydrogens (primary N) is 1. The van der Waals surface area contributed by atoms with Gasteiger partial charge in [0.1, 0.15) is 10.7 Å². The molecule has 0 aliphatic carbocycles. The lowest BCUT2D eigenvalue weighted by Crippen LogP contribution is -2.27. The van der Waals surface area contributed by atoms with Crippen LogP contribution in [0.2, 0.25) is 0 Å². The van der Waals surface area contributed by atoms with E-state index in [9.17, 15) is 9.18 Å². The van der Waals surface area contributed by atoms with E-state index in [0.717, 1.165) is 17.5 Å². The second-order valence-electron chi connectivity index (χ2n) is 4.57. The number of anilines is 1. The highest BCUT2D eigenvalue weighted by molar-refractivity contribution is 7.21. The van der Waals surface area contributed by atoms with Gasteiger partial charge in [0.2, 0.25) is 0 Å². The second kappa shape index (κ2) is 5.57. The van der Waals surface area contributed by atoms with Gasteiger partial charge in [0.15, 0.2) is 0 Å². The molecule has 2 rings (SSSR count). The predicted molar refractivity (Wildman–Crippen MR) is 78.1 cm³/mol. The molecular formula is C14H17FN2OS. The first kappa shape index (κ1) is 13.8. The number of amides is 1. The Morgan fingerprint density at radius 2 is 2.21 bits per heavy atom. The minimum absolute atomic E-state index is 0.0902. The van der Waals surface area contributed by atoms with E-state index in [0.29, 0.717) is 22.5 Å². The predicted octanol–water partition coefficient (Wildman–Crippen LogP) is 3.49. The molecule has 2 aromatic rings. The van der Waals surface area contributed by atoms with Crippen molar-refractivity contribution in [2.24, 2.45) is 0 Å². The molecule has 0 aliphatic rings. The average Bonchev–Trinajstić information content (AvgIpc) is 2.72. The first-order chi connectivity index (χ1) is 9.04. The molecule has 0 atom stereocenters. The number of benzene rings is 1. The van der Waals surface area contributed by atoms with Gasteiger partial charge in [0, 0.05) is 23.7 Å². The largest absolute Gasteiger partial charge is 0.397 e. The Bertz CT molecular complexity index is 609. The van der Waals surface area contributed by atoms with Gasteiger partial charge in [-0.15, -0.1) is 11.3 Å². The zero-order valence-corrected chi connectivity index (χ0v) is 11.9. The lowest BCUT2D eigenvalue weighted by Gasteiger charge is -2.15. The van der Waals surface area contributed by atoms with Crippen LogP contribution in [0.4, 0.5) is 10.1 Å². The molecule has 5 heteroatoms. The Kier molecular flexibility index (Phi) is 4.04. The molecule has 2 N–H and O–H groups in total. The summed E-state index contributed by atoms with van der Waals surface area (Å²) >= 11 is 1.32. The van der Waals surface area contributed by atoms with Crippen LogP contribution in [0.3, 0.4) is 0 Å². The first-order valence-electron chi connectivity index (χ1n) is 6.27. The second-order valence-corrected chi connectivity index (χ2v) is 5.62. The molecule has 0 bridgehead atoms. The average molecular weight is 280 g/mol. The van der Waals surface area contributed by atoms with Crippen molar-refractivity contribution in [3.05, 3.63) is 28.9 Å². The highest BCUT2D eigenvalue weighted by Gasteiger charge is 2.19. The zero-order valence-electron chi connectivity index (χ0n) is 11.1. The molecule has 0 radical (unpaired) electrons. The molecule has 0 saturated carbocycles. The molecule has 1 aromatic carbocycles. The summed E-state index contributed by atoms with van der Waals surface area (Å²) < 4.78 is 14.0. The lowest BCUT2D eigenvalue weighted by atomic mass is 10.2. The summed E-state index contributed by atoms with van der Waals surface area (Å²) in [5, 5.41) is 0.622. The minimum Gasteiger partial charge on any atom is -0.397 e. The van der Waals surface area contributed by atoms with E-state index >= 15 is 0 Å². The van der Waals surface area contributed by atoms with Crippen LogP contribution in [0.25, 0.3) is 10.1 Å². The van der Waals surface area contributed by atoms with Crippen molar-refractivity contribution in [2.75, 3.05) is 19.3 Å². The summed E-state index contributed by atoms with van der Waals surface area (Å²) in [6.45, 7) is 2.78. The van der Waals surface area contributed by atoms with Gasteiger partial charge in [-0.25, -0.2) is 4.39 Å². The van der Waals surface area contributed by atoms with Crippen molar-refractivity contribution in [1.82, 2.24) is 4.90 Å². The molecule has 19 heavy (non-hydrogen) atoms. The molecule has 0 aliphatic heterocycles. The first-order valence-corrected chi connectivity index (χ1v) is 7.09. The van der Waals surface area contributed by atoms with Gasteiger partial charge in [0.25, 0.3) is 5.91 Å². The highest BCUT2D eigenvalue weighted by atomic mass is 32.1. The molecule has 0 unspecified atom stereocenters. The fourth-order valence-electron chi connectivity index (χ4n) is 1.92. The summed E-state index contributed by atoms with van der Waals surface area (Å²) in [5.41, 5.74) is 6.35. The highest BCUT2D eigenvalue weighted by Crippen LogP contribution is 2.34. The number of carbonyl (C=O) groups excluding carboxylic acids is 1. The van der Waals surface area contributed by atoms with Gasteiger partial charge < -0.3 is 10.6 Å². The number of rotatable bonds is 4. The maximum atomic E-state index is 13.2. The van der Waals surface area contributed by atoms with Gasteiger partial charge in [-0.2, -0.15) is 0 Å². The Morgan fingerprint density at radius 3 is 2.89 bits per heavy atom. The number of hydrogen-bond acceptors (Lipinski definition) is 3. The van der Waals surface area contributed by atoms with Crippen LogP contribution in [-0.2, 0) is 0 Å². The SMILES string of the molecule is CCCCN(C)C(=O)c1sc2ccc(F)cc2c1N. The van der Waals surface area contributed by atoms with Crippen LogP contribution in [-0.4, -0.2) is 24.4 Å². The van der Waals surface area contributed by atoms with Gasteiger partial charge >= 0.3 is 0 Å². The van der Waals surface area contributed by atoms with Crippen molar-refractivity contribution in [3.63, 3.8) is 0 Å². The number of halogens is 1. The third-order valence-electron chi connectivity index (χ3n) is 3.08. The molecule has 0 saturated heterocycles. The van der Waals surface area contributed by atoms with Crippen LogP contribution in [0.15, 0.2) is 18.2 Å². The summed E-state index contributed by atoms with van der Waals surface area (Å²) in [6, 6.07) is 4.42. The van der Waals surface area contributed by atoms with Crippen molar-refractivity contribution in [3.8, 4) is 0 Å². The normalized spacial score (nSPS) is 10.9. The van der Waals surface area contributed by atoms with E-state index in [1.165, 1.54) is 23.5 Å². The fraction of sp³-hybridized carbons (Fsp3) is 0.357. The molecule has 3 nitrogen and oxygen atoms in total. The number of nitrogen functional groups attached to an aromatic ring is 1. The maximum absolute atomic E-state index is 13.2. The van der Waals surface area contributed by atoms with Gasteiger partial charge in [-0.05, 0) is 24.6 Å². The lowest BCUT2D eigenvalue weighted by molar-refractivity contribution is 0.0799. The molecular weight excluding hydrogens is 263 g/mol. The van der Waals surface area contributed by atoms with E-state index in [4.69, 9.17) is 5.73 Å². The third-order valence-corrected chi connectivity index (χ3v) is 4.25. The third kappa shape index (κ3) is 2.71. The van der Waals surface area contributed by atoms with E-state index in [2.05, 4.69) is 6.92 Å². The van der Waals surface area contributed by atoms with E-state index in [1.807, 2.05) is 0 Å². The Labute approximate surface area is 115 Å². The van der Waals surface area contributed by atoms with Crippen LogP contribution in [0.1, 0.15) is 29.4 Å². The maximum Gasteiger partial charge on any atom is 0.265 e. The topological polar surface area (TPSA) is 46.3 Å². The Balaban J connectivity index is 2.34. The van der Waals surface area contributed by atoms with Crippen molar-refractivity contribution in [1.29, 1.82) is 0 Å². The summed E-state index contributed by atoms with van der Waals surface area (Å²) in [6.07, 6.45) is 1.99. The number of nitrogens with zero attached hydrogens (tertiary/aromatic N) is 1. The standard InChI is InChI=1S/C14H17FN2OS/c1-3-4-7-17(2)14(18)13-12(16)10-8-9(15)5-6-11(10)19-13/h5-6,8H,3-4,7,16H2,1-2H3. The van der Waals surface area contributed by atoms with Crippen LogP contribution >= 0.6 is 11.3 Å². The van der Waals surface area contributed by atoms with Gasteiger partial charge in [-0.3, -0.25) is 4.79 Å². The van der Waals surface area contributed by atoms with E-state index < -0.39 is 0 Å². The minimum atomic E-state index is -0.338. The summed E-state index contributed by atoms with van der Waals surface area (Å²) in [4.78, 5) is 14.5. The van der Waals surface area contributed by atoms with Crippen LogP contribution in [0.5, 0.6) is 0 Å². The Morgan fingerprint density at radius 1 is 1.47 bits per heavy atom. The van der Waals surface area contributed by atoms with Gasteiger partial charge in [0.05, 0.1) is 5.69 Å². The summed E-state index contributed by atoms with van der Waals surface area (Å²) in [5.74, 6) is -0.428. The quantitative estimate of drug-likeness (QED) is 0.931. The van der Waals surface area contributed by atoms with Crippen molar-refractivity contribution < 1.29 is 9.18 Å². The van der Waals surface area contributed by atoms with Crippen LogP contribution < -0.4 is 5.73 Å². The Hall–Kier alpha value is -1.62. The molecule has 1 amide bonds. The number of thiophene rings is 1. The molecule has 1 aromatic heterocycles. The van der Waals surface area contributed by atoms with Gasteiger partial charge in [-0.1, -0.05) is 13.3 Å². The number of carbonyl (C=O) groups is 1. The number of unbranched alkanes of at least 4 members (excludes halogenated alkanes) is 1. The van der Waals surface area contributed by atoms with Crippen molar-refractivity contribution in [2.45, 2.75) is 19.8 Å². The molecule has 0 fully saturated rings. The number of fused-ring (bicyclic) bond motifs is 1. The monoisotopic (exact) mass is 280 g/mol. The molecule has 102 valence electrons. The summed E-state index contributed by atoms with van der Waals surface area (Å²) in [7, 11) is 1.77. The van der Waals surface area contributed by atoms with Crippen molar-refractivity contribution >= 4 is 33.0 Å². The van der Waals surface area contributed by atoms with E-state index in [1.54, 1.807) is 18.0 Å². The fourth-order valence-corrected chi connectivity index (χ4v) is 3.02. The molecule has 1 heterocycles. The molecule has 0 spiro atoms. The van der Waals surface area contributed by atoms with E-state index in [-0.39, 0.29) is 11.7 Å². The zero-order chi connectivity index (χ0) is 14.0. The number of hydrogen-bond donors (Lipinski definition) is 1.